The molecule has 1 atom stereocenters. The predicted octanol–water partition coefficient (Wildman–Crippen LogP) is 3.32. The Morgan fingerprint density at radius 3 is 2.75 bits per heavy atom. The topological polar surface area (TPSA) is 62.4 Å². The van der Waals surface area contributed by atoms with Gasteiger partial charge in [0.1, 0.15) is 4.87 Å². The third kappa shape index (κ3) is 3.43. The normalized spacial score (nSPS) is 22.2. The van der Waals surface area contributed by atoms with Crippen molar-refractivity contribution >= 4 is 22.5 Å². The fourth-order valence-electron chi connectivity index (χ4n) is 1.90. The second-order valence-electron chi connectivity index (χ2n) is 4.63. The summed E-state index contributed by atoms with van der Waals surface area (Å²) in [5, 5.41) is 5.51. The van der Waals surface area contributed by atoms with Crippen LogP contribution < -0.4 is 16.7 Å². The molecule has 0 saturated heterocycles. The highest BCUT2D eigenvalue weighted by Crippen LogP contribution is 2.39. The highest BCUT2D eigenvalue weighted by Gasteiger charge is 2.33. The third-order valence-electron chi connectivity index (χ3n) is 3.05. The van der Waals surface area contributed by atoms with Crippen LogP contribution in [-0.4, -0.2) is 5.04 Å². The van der Waals surface area contributed by atoms with Crippen molar-refractivity contribution in [3.05, 3.63) is 54.1 Å². The summed E-state index contributed by atoms with van der Waals surface area (Å²) >= 11 is 1.75. The van der Waals surface area contributed by atoms with Gasteiger partial charge >= 0.3 is 0 Å². The average Bonchev–Trinajstić information content (AvgIpc) is 2.87. The molecule has 0 aromatic heterocycles. The van der Waals surface area contributed by atoms with Gasteiger partial charge in [-0.3, -0.25) is 11.3 Å². The summed E-state index contributed by atoms with van der Waals surface area (Å²) in [6.07, 6.45) is 9.03. The standard InChI is InChI=1S/C15H20N4S/c1-3-4-5-6-7-14-18-19-15(2,20-14)12-8-10-13(17-16)11-9-12/h3-6,8-11,17,19H,7,16H2,1-2H3/b4-3-,6-5+. The van der Waals surface area contributed by atoms with E-state index in [2.05, 4.69) is 41.1 Å². The molecule has 0 bridgehead atoms. The Hall–Kier alpha value is -1.72. The summed E-state index contributed by atoms with van der Waals surface area (Å²) < 4.78 is 0. The zero-order valence-corrected chi connectivity index (χ0v) is 12.6. The minimum absolute atomic E-state index is 0.211. The van der Waals surface area contributed by atoms with Crippen LogP contribution in [-0.2, 0) is 4.87 Å². The van der Waals surface area contributed by atoms with Crippen molar-refractivity contribution in [1.82, 2.24) is 5.43 Å². The first kappa shape index (κ1) is 14.7. The van der Waals surface area contributed by atoms with Gasteiger partial charge in [-0.15, -0.1) is 0 Å². The van der Waals surface area contributed by atoms with E-state index in [9.17, 15) is 0 Å². The molecule has 0 aliphatic carbocycles. The molecule has 1 aromatic rings. The number of allylic oxidation sites excluding steroid dienone is 4. The molecule has 1 aliphatic rings. The van der Waals surface area contributed by atoms with E-state index in [0.29, 0.717) is 0 Å². The largest absolute Gasteiger partial charge is 0.324 e. The lowest BCUT2D eigenvalue weighted by molar-refractivity contribution is 0.563. The molecule has 4 N–H and O–H groups in total. The number of hydrogen-bond acceptors (Lipinski definition) is 5. The number of rotatable bonds is 5. The number of hydrazine groups is 1. The summed E-state index contributed by atoms with van der Waals surface area (Å²) in [4.78, 5) is -0.211. The Bertz CT molecular complexity index is 533. The van der Waals surface area contributed by atoms with Crippen LogP contribution in [0.4, 0.5) is 5.69 Å². The number of nitrogen functional groups attached to an aromatic ring is 1. The molecule has 1 aliphatic heterocycles. The van der Waals surface area contributed by atoms with Gasteiger partial charge in [-0.05, 0) is 31.5 Å². The molecule has 1 heterocycles. The zero-order chi connectivity index (χ0) is 14.4. The van der Waals surface area contributed by atoms with Crippen molar-refractivity contribution in [2.45, 2.75) is 25.1 Å². The lowest BCUT2D eigenvalue weighted by Gasteiger charge is -2.23. The molecule has 1 aromatic carbocycles. The first-order chi connectivity index (χ1) is 9.68. The van der Waals surface area contributed by atoms with Gasteiger partial charge in [0.2, 0.25) is 0 Å². The minimum atomic E-state index is -0.211. The highest BCUT2D eigenvalue weighted by atomic mass is 32.2. The maximum absolute atomic E-state index is 5.38. The number of benzene rings is 1. The van der Waals surface area contributed by atoms with Gasteiger partial charge in [-0.2, -0.15) is 5.10 Å². The Morgan fingerprint density at radius 1 is 1.35 bits per heavy atom. The number of hydrogen-bond donors (Lipinski definition) is 3. The van der Waals surface area contributed by atoms with Crippen molar-refractivity contribution in [2.24, 2.45) is 10.9 Å². The molecule has 106 valence electrons. The van der Waals surface area contributed by atoms with E-state index >= 15 is 0 Å². The number of nitrogens with one attached hydrogen (secondary N) is 2. The van der Waals surface area contributed by atoms with E-state index in [1.54, 1.807) is 11.8 Å². The molecule has 20 heavy (non-hydrogen) atoms. The maximum atomic E-state index is 5.38. The number of nitrogens with two attached hydrogens (primary N) is 1. The molecule has 0 amide bonds. The Morgan fingerprint density at radius 2 is 2.10 bits per heavy atom. The Labute approximate surface area is 124 Å². The van der Waals surface area contributed by atoms with Crippen LogP contribution in [0.1, 0.15) is 25.8 Å². The molecule has 0 fully saturated rings. The molecule has 0 saturated carbocycles. The van der Waals surface area contributed by atoms with E-state index in [0.717, 1.165) is 17.2 Å². The molecule has 4 nitrogen and oxygen atoms in total. The highest BCUT2D eigenvalue weighted by molar-refractivity contribution is 8.14. The monoisotopic (exact) mass is 288 g/mol. The van der Waals surface area contributed by atoms with Gasteiger partial charge in [0.05, 0.1) is 5.04 Å². The number of anilines is 1. The summed E-state index contributed by atoms with van der Waals surface area (Å²) in [5.74, 6) is 5.38. The van der Waals surface area contributed by atoms with Crippen LogP contribution in [0.2, 0.25) is 0 Å². The second-order valence-corrected chi connectivity index (χ2v) is 6.12. The summed E-state index contributed by atoms with van der Waals surface area (Å²) in [7, 11) is 0. The van der Waals surface area contributed by atoms with Crippen molar-refractivity contribution in [2.75, 3.05) is 5.43 Å². The minimum Gasteiger partial charge on any atom is -0.324 e. The molecule has 1 unspecified atom stereocenters. The van der Waals surface area contributed by atoms with E-state index in [4.69, 9.17) is 5.84 Å². The molecule has 0 radical (unpaired) electrons. The van der Waals surface area contributed by atoms with Crippen molar-refractivity contribution in [3.63, 3.8) is 0 Å². The first-order valence-electron chi connectivity index (χ1n) is 6.55. The smallest absolute Gasteiger partial charge is 0.128 e. The Kier molecular flexibility index (Phi) is 4.87. The quantitative estimate of drug-likeness (QED) is 0.442. The van der Waals surface area contributed by atoms with E-state index in [1.807, 2.05) is 37.3 Å². The summed E-state index contributed by atoms with van der Waals surface area (Å²) in [6.45, 7) is 4.14. The van der Waals surface area contributed by atoms with Crippen molar-refractivity contribution < 1.29 is 0 Å². The van der Waals surface area contributed by atoms with Gasteiger partial charge in [-0.25, -0.2) is 0 Å². The van der Waals surface area contributed by atoms with Gasteiger partial charge in [0.25, 0.3) is 0 Å². The SMILES string of the molecule is C/C=C\C=C\CC1=NNC(C)(c2ccc(NN)cc2)S1. The lowest BCUT2D eigenvalue weighted by Crippen LogP contribution is -2.28. The summed E-state index contributed by atoms with van der Waals surface area (Å²) in [6, 6.07) is 8.05. The van der Waals surface area contributed by atoms with Crippen molar-refractivity contribution in [1.29, 1.82) is 0 Å². The number of hydrazone groups is 1. The molecule has 0 spiro atoms. The summed E-state index contributed by atoms with van der Waals surface area (Å²) in [5.41, 5.74) is 7.94. The third-order valence-corrected chi connectivity index (χ3v) is 4.28. The van der Waals surface area contributed by atoms with E-state index < -0.39 is 0 Å². The number of thioether (sulfide) groups is 1. The van der Waals surface area contributed by atoms with Crippen LogP contribution in [0.15, 0.2) is 53.7 Å². The van der Waals surface area contributed by atoms with Crippen LogP contribution in [0, 0.1) is 0 Å². The van der Waals surface area contributed by atoms with Crippen LogP contribution in [0.5, 0.6) is 0 Å². The second kappa shape index (κ2) is 6.63. The van der Waals surface area contributed by atoms with Gasteiger partial charge in [-0.1, -0.05) is 48.2 Å². The fraction of sp³-hybridized carbons (Fsp3) is 0.267. The van der Waals surface area contributed by atoms with Crippen LogP contribution in [0.25, 0.3) is 0 Å². The van der Waals surface area contributed by atoms with E-state index in [-0.39, 0.29) is 4.87 Å². The average molecular weight is 288 g/mol. The fourth-order valence-corrected chi connectivity index (χ4v) is 2.99. The first-order valence-corrected chi connectivity index (χ1v) is 7.37. The maximum Gasteiger partial charge on any atom is 0.128 e. The predicted molar refractivity (Wildman–Crippen MR) is 88.3 cm³/mol. The lowest BCUT2D eigenvalue weighted by atomic mass is 10.1. The van der Waals surface area contributed by atoms with Crippen LogP contribution in [0.3, 0.4) is 0 Å². The van der Waals surface area contributed by atoms with E-state index in [1.165, 1.54) is 5.56 Å². The zero-order valence-electron chi connectivity index (χ0n) is 11.8. The molecular formula is C15H20N4S. The Balaban J connectivity index is 2.00. The molecular weight excluding hydrogens is 268 g/mol. The molecule has 5 heteroatoms. The van der Waals surface area contributed by atoms with Crippen molar-refractivity contribution in [3.8, 4) is 0 Å². The van der Waals surface area contributed by atoms with Gasteiger partial charge in [0.15, 0.2) is 0 Å². The van der Waals surface area contributed by atoms with Gasteiger partial charge in [0, 0.05) is 12.1 Å². The number of nitrogens with zero attached hydrogens (tertiary/aromatic N) is 1. The van der Waals surface area contributed by atoms with Gasteiger partial charge < -0.3 is 5.43 Å². The molecule has 2 rings (SSSR count). The van der Waals surface area contributed by atoms with Crippen LogP contribution >= 0.6 is 11.8 Å².